The van der Waals surface area contributed by atoms with Crippen LogP contribution in [0.3, 0.4) is 0 Å². The van der Waals surface area contributed by atoms with E-state index in [1.807, 2.05) is 6.07 Å². The molecule has 0 saturated carbocycles. The van der Waals surface area contributed by atoms with Gasteiger partial charge in [-0.25, -0.2) is 0 Å². The zero-order valence-electron chi connectivity index (χ0n) is 10.6. The average molecular weight is 389 g/mol. The highest BCUT2D eigenvalue weighted by Gasteiger charge is 2.25. The summed E-state index contributed by atoms with van der Waals surface area (Å²) in [6.45, 7) is 2.82. The minimum atomic E-state index is -0.213. The summed E-state index contributed by atoms with van der Waals surface area (Å²) in [4.78, 5) is 0. The quantitative estimate of drug-likeness (QED) is 0.561. The minimum absolute atomic E-state index is 0.213. The fourth-order valence-electron chi connectivity index (χ4n) is 2.52. The molecule has 1 unspecified atom stereocenters. The fourth-order valence-corrected chi connectivity index (χ4v) is 3.59. The standard InChI is InChI=1S/C15H14ClIO2/c1-2-13-11(4-6-18-13)14(16)12-8-10(17)7-9-3-5-19-15(9)12/h4,6-8,14H,2-3,5H2,1H3. The van der Waals surface area contributed by atoms with Crippen molar-refractivity contribution in [1.82, 2.24) is 0 Å². The Morgan fingerprint density at radius 2 is 2.21 bits per heavy atom. The molecule has 0 aliphatic carbocycles. The summed E-state index contributed by atoms with van der Waals surface area (Å²) in [7, 11) is 0. The number of alkyl halides is 1. The number of ether oxygens (including phenoxy) is 1. The van der Waals surface area contributed by atoms with Crippen LogP contribution in [0, 0.1) is 3.57 Å². The molecule has 100 valence electrons. The largest absolute Gasteiger partial charge is 0.493 e. The van der Waals surface area contributed by atoms with Crippen molar-refractivity contribution in [1.29, 1.82) is 0 Å². The highest BCUT2D eigenvalue weighted by atomic mass is 127. The second-order valence-electron chi connectivity index (χ2n) is 4.60. The summed E-state index contributed by atoms with van der Waals surface area (Å²) >= 11 is 9.00. The topological polar surface area (TPSA) is 22.4 Å². The number of halogens is 2. The Morgan fingerprint density at radius 3 is 3.00 bits per heavy atom. The van der Waals surface area contributed by atoms with Crippen LogP contribution in [0.1, 0.15) is 34.8 Å². The van der Waals surface area contributed by atoms with E-state index in [9.17, 15) is 0 Å². The van der Waals surface area contributed by atoms with Gasteiger partial charge in [-0.2, -0.15) is 0 Å². The number of furan rings is 1. The molecule has 4 heteroatoms. The molecule has 0 saturated heterocycles. The van der Waals surface area contributed by atoms with Crippen LogP contribution in [0.5, 0.6) is 5.75 Å². The lowest BCUT2D eigenvalue weighted by Crippen LogP contribution is -1.99. The maximum absolute atomic E-state index is 6.67. The molecule has 0 fully saturated rings. The molecule has 0 amide bonds. The first-order valence-corrected chi connectivity index (χ1v) is 7.87. The van der Waals surface area contributed by atoms with Gasteiger partial charge in [0.15, 0.2) is 0 Å². The molecule has 1 aliphatic heterocycles. The zero-order valence-corrected chi connectivity index (χ0v) is 13.5. The molecule has 1 aromatic carbocycles. The fraction of sp³-hybridized carbons (Fsp3) is 0.333. The highest BCUT2D eigenvalue weighted by Crippen LogP contribution is 2.41. The number of benzene rings is 1. The normalized spacial score (nSPS) is 15.1. The van der Waals surface area contributed by atoms with Crippen molar-refractivity contribution in [3.05, 3.63) is 50.5 Å². The van der Waals surface area contributed by atoms with Crippen LogP contribution >= 0.6 is 34.2 Å². The van der Waals surface area contributed by atoms with Gasteiger partial charge in [0.1, 0.15) is 11.5 Å². The molecule has 19 heavy (non-hydrogen) atoms. The summed E-state index contributed by atoms with van der Waals surface area (Å²) in [5.41, 5.74) is 3.36. The number of rotatable bonds is 3. The number of fused-ring (bicyclic) bond motifs is 1. The minimum Gasteiger partial charge on any atom is -0.493 e. The molecule has 1 atom stereocenters. The second kappa shape index (κ2) is 5.37. The molecular formula is C15H14ClIO2. The van der Waals surface area contributed by atoms with Gasteiger partial charge in [-0.3, -0.25) is 0 Å². The van der Waals surface area contributed by atoms with Crippen LogP contribution in [-0.4, -0.2) is 6.61 Å². The van der Waals surface area contributed by atoms with Gasteiger partial charge in [0.2, 0.25) is 0 Å². The first-order chi connectivity index (χ1) is 9.20. The predicted octanol–water partition coefficient (Wildman–Crippen LogP) is 4.71. The Morgan fingerprint density at radius 1 is 1.37 bits per heavy atom. The smallest absolute Gasteiger partial charge is 0.127 e. The third kappa shape index (κ3) is 2.38. The van der Waals surface area contributed by atoms with E-state index in [4.69, 9.17) is 20.8 Å². The Hall–Kier alpha value is -0.680. The van der Waals surface area contributed by atoms with Crippen molar-refractivity contribution in [3.63, 3.8) is 0 Å². The van der Waals surface area contributed by atoms with Gasteiger partial charge < -0.3 is 9.15 Å². The molecule has 1 aliphatic rings. The van der Waals surface area contributed by atoms with Crippen LogP contribution < -0.4 is 4.74 Å². The Bertz CT molecular complexity index is 606. The third-order valence-electron chi connectivity index (χ3n) is 3.42. The second-order valence-corrected chi connectivity index (χ2v) is 6.28. The highest BCUT2D eigenvalue weighted by molar-refractivity contribution is 14.1. The Balaban J connectivity index is 2.07. The SMILES string of the molecule is CCc1occc1C(Cl)c1cc(I)cc2c1OCC2. The maximum Gasteiger partial charge on any atom is 0.127 e. The summed E-state index contributed by atoms with van der Waals surface area (Å²) in [6.07, 6.45) is 3.52. The van der Waals surface area contributed by atoms with Crippen LogP contribution in [-0.2, 0) is 12.8 Å². The number of aryl methyl sites for hydroxylation is 1. The van der Waals surface area contributed by atoms with Crippen LogP contribution in [0.25, 0.3) is 0 Å². The molecule has 2 heterocycles. The summed E-state index contributed by atoms with van der Waals surface area (Å²) < 4.78 is 12.4. The number of hydrogen-bond acceptors (Lipinski definition) is 2. The van der Waals surface area contributed by atoms with Gasteiger partial charge >= 0.3 is 0 Å². The molecule has 2 nitrogen and oxygen atoms in total. The first-order valence-electron chi connectivity index (χ1n) is 6.36. The van der Waals surface area contributed by atoms with Crippen molar-refractivity contribution in [2.24, 2.45) is 0 Å². The molecule has 0 N–H and O–H groups in total. The molecule has 1 aromatic heterocycles. The first kappa shape index (κ1) is 13.3. The predicted molar refractivity (Wildman–Crippen MR) is 84.1 cm³/mol. The monoisotopic (exact) mass is 388 g/mol. The maximum atomic E-state index is 6.67. The van der Waals surface area contributed by atoms with Gasteiger partial charge in [0.25, 0.3) is 0 Å². The van der Waals surface area contributed by atoms with E-state index in [1.54, 1.807) is 6.26 Å². The molecule has 0 spiro atoms. The summed E-state index contributed by atoms with van der Waals surface area (Å²) in [6, 6.07) is 6.23. The van der Waals surface area contributed by atoms with Gasteiger partial charge in [0.05, 0.1) is 18.2 Å². The van der Waals surface area contributed by atoms with E-state index in [0.717, 1.165) is 42.1 Å². The van der Waals surface area contributed by atoms with E-state index < -0.39 is 0 Å². The molecule has 0 radical (unpaired) electrons. The Kier molecular flexibility index (Phi) is 3.76. The third-order valence-corrected chi connectivity index (χ3v) is 4.52. The van der Waals surface area contributed by atoms with E-state index in [-0.39, 0.29) is 5.38 Å². The summed E-state index contributed by atoms with van der Waals surface area (Å²) in [5.74, 6) is 1.91. The van der Waals surface area contributed by atoms with E-state index in [1.165, 1.54) is 9.13 Å². The van der Waals surface area contributed by atoms with E-state index in [0.29, 0.717) is 0 Å². The van der Waals surface area contributed by atoms with Gasteiger partial charge in [-0.05, 0) is 46.4 Å². The van der Waals surface area contributed by atoms with Crippen LogP contribution in [0.4, 0.5) is 0 Å². The lowest BCUT2D eigenvalue weighted by molar-refractivity contribution is 0.353. The van der Waals surface area contributed by atoms with Gasteiger partial charge in [-0.1, -0.05) is 6.92 Å². The lowest BCUT2D eigenvalue weighted by atomic mass is 10.0. The number of hydrogen-bond donors (Lipinski definition) is 0. The summed E-state index contributed by atoms with van der Waals surface area (Å²) in [5, 5.41) is -0.213. The van der Waals surface area contributed by atoms with Crippen LogP contribution in [0.2, 0.25) is 0 Å². The van der Waals surface area contributed by atoms with Crippen LogP contribution in [0.15, 0.2) is 28.9 Å². The van der Waals surface area contributed by atoms with Gasteiger partial charge in [-0.15, -0.1) is 11.6 Å². The van der Waals surface area contributed by atoms with Crippen molar-refractivity contribution in [2.75, 3.05) is 6.61 Å². The van der Waals surface area contributed by atoms with Crippen molar-refractivity contribution >= 4 is 34.2 Å². The van der Waals surface area contributed by atoms with E-state index >= 15 is 0 Å². The van der Waals surface area contributed by atoms with Crippen molar-refractivity contribution in [3.8, 4) is 5.75 Å². The van der Waals surface area contributed by atoms with Crippen molar-refractivity contribution < 1.29 is 9.15 Å². The zero-order chi connectivity index (χ0) is 13.4. The molecule has 0 bridgehead atoms. The molecule has 2 aromatic rings. The van der Waals surface area contributed by atoms with E-state index in [2.05, 4.69) is 41.6 Å². The lowest BCUT2D eigenvalue weighted by Gasteiger charge is -2.14. The Labute approximate surface area is 131 Å². The molecule has 3 rings (SSSR count). The van der Waals surface area contributed by atoms with Crippen molar-refractivity contribution in [2.45, 2.75) is 25.1 Å². The van der Waals surface area contributed by atoms with Gasteiger partial charge in [0, 0.05) is 27.5 Å². The average Bonchev–Trinajstić information content (AvgIpc) is 3.04. The molecular weight excluding hydrogens is 375 g/mol.